The van der Waals surface area contributed by atoms with Crippen molar-refractivity contribution in [2.24, 2.45) is 13.0 Å². The lowest BCUT2D eigenvalue weighted by atomic mass is 10.2. The lowest BCUT2D eigenvalue weighted by Crippen LogP contribution is -2.13. The smallest absolute Gasteiger partial charge is 0.203 e. The molecule has 104 valence electrons. The molecule has 0 aliphatic heterocycles. The zero-order chi connectivity index (χ0) is 14.0. The Labute approximate surface area is 114 Å². The molecule has 0 aliphatic carbocycles. The SMILES string of the molecule is Cc1cn(Cc2cn(C)nc2C)c(NCC(C)C)n1. The Morgan fingerprint density at radius 2 is 2.00 bits per heavy atom. The van der Waals surface area contributed by atoms with Crippen molar-refractivity contribution in [3.05, 3.63) is 29.3 Å². The molecule has 5 nitrogen and oxygen atoms in total. The van der Waals surface area contributed by atoms with Crippen LogP contribution in [0.4, 0.5) is 5.95 Å². The van der Waals surface area contributed by atoms with E-state index in [1.807, 2.05) is 25.6 Å². The van der Waals surface area contributed by atoms with E-state index in [1.54, 1.807) is 0 Å². The van der Waals surface area contributed by atoms with Crippen molar-refractivity contribution in [2.45, 2.75) is 34.2 Å². The van der Waals surface area contributed by atoms with Gasteiger partial charge in [-0.05, 0) is 19.8 Å². The molecule has 0 aromatic carbocycles. The first-order valence-corrected chi connectivity index (χ1v) is 6.72. The maximum Gasteiger partial charge on any atom is 0.203 e. The normalized spacial score (nSPS) is 11.3. The number of rotatable bonds is 5. The van der Waals surface area contributed by atoms with Gasteiger partial charge in [-0.1, -0.05) is 13.8 Å². The first-order chi connectivity index (χ1) is 8.95. The standard InChI is InChI=1S/C14H23N5/c1-10(2)6-15-14-16-11(3)7-19(14)9-13-8-18(5)17-12(13)4/h7-8,10H,6,9H2,1-5H3,(H,15,16). The third-order valence-electron chi connectivity index (χ3n) is 3.02. The Morgan fingerprint density at radius 3 is 2.58 bits per heavy atom. The molecule has 19 heavy (non-hydrogen) atoms. The van der Waals surface area contributed by atoms with Crippen LogP contribution in [0.15, 0.2) is 12.4 Å². The molecule has 5 heteroatoms. The van der Waals surface area contributed by atoms with Crippen molar-refractivity contribution in [1.29, 1.82) is 0 Å². The van der Waals surface area contributed by atoms with Crippen molar-refractivity contribution in [3.63, 3.8) is 0 Å². The van der Waals surface area contributed by atoms with Crippen LogP contribution in [-0.4, -0.2) is 25.9 Å². The minimum absolute atomic E-state index is 0.602. The minimum atomic E-state index is 0.602. The van der Waals surface area contributed by atoms with Crippen LogP contribution in [0.2, 0.25) is 0 Å². The highest BCUT2D eigenvalue weighted by atomic mass is 15.3. The lowest BCUT2D eigenvalue weighted by Gasteiger charge is -2.10. The van der Waals surface area contributed by atoms with Gasteiger partial charge in [0.2, 0.25) is 5.95 Å². The van der Waals surface area contributed by atoms with Crippen LogP contribution >= 0.6 is 0 Å². The predicted octanol–water partition coefficient (Wildman–Crippen LogP) is 2.35. The van der Waals surface area contributed by atoms with Gasteiger partial charge in [-0.3, -0.25) is 4.68 Å². The van der Waals surface area contributed by atoms with Crippen LogP contribution < -0.4 is 5.32 Å². The second kappa shape index (κ2) is 5.47. The average Bonchev–Trinajstić information content (AvgIpc) is 2.80. The number of imidazole rings is 1. The summed E-state index contributed by atoms with van der Waals surface area (Å²) in [5.74, 6) is 1.54. The second-order valence-corrected chi connectivity index (χ2v) is 5.52. The summed E-state index contributed by atoms with van der Waals surface area (Å²) in [7, 11) is 1.95. The molecule has 2 aromatic rings. The molecule has 0 saturated carbocycles. The summed E-state index contributed by atoms with van der Waals surface area (Å²) < 4.78 is 4.01. The minimum Gasteiger partial charge on any atom is -0.355 e. The van der Waals surface area contributed by atoms with Crippen LogP contribution in [0.25, 0.3) is 0 Å². The van der Waals surface area contributed by atoms with E-state index < -0.39 is 0 Å². The second-order valence-electron chi connectivity index (χ2n) is 5.52. The predicted molar refractivity (Wildman–Crippen MR) is 77.3 cm³/mol. The van der Waals surface area contributed by atoms with Crippen molar-refractivity contribution in [3.8, 4) is 0 Å². The van der Waals surface area contributed by atoms with Crippen LogP contribution in [-0.2, 0) is 13.6 Å². The van der Waals surface area contributed by atoms with Crippen LogP contribution in [0.1, 0.15) is 30.8 Å². The lowest BCUT2D eigenvalue weighted by molar-refractivity contribution is 0.676. The highest BCUT2D eigenvalue weighted by Crippen LogP contribution is 2.14. The van der Waals surface area contributed by atoms with E-state index >= 15 is 0 Å². The highest BCUT2D eigenvalue weighted by molar-refractivity contribution is 5.31. The molecule has 0 amide bonds. The maximum absolute atomic E-state index is 4.54. The number of anilines is 1. The quantitative estimate of drug-likeness (QED) is 0.898. The molecule has 0 radical (unpaired) electrons. The van der Waals surface area contributed by atoms with E-state index in [4.69, 9.17) is 0 Å². The van der Waals surface area contributed by atoms with Crippen LogP contribution in [0, 0.1) is 19.8 Å². The zero-order valence-corrected chi connectivity index (χ0v) is 12.4. The Morgan fingerprint density at radius 1 is 1.26 bits per heavy atom. The zero-order valence-electron chi connectivity index (χ0n) is 12.4. The summed E-state index contributed by atoms with van der Waals surface area (Å²) in [6, 6.07) is 0. The molecule has 1 N–H and O–H groups in total. The molecule has 2 rings (SSSR count). The Bertz CT molecular complexity index is 550. The van der Waals surface area contributed by atoms with E-state index in [2.05, 4.69) is 46.2 Å². The number of aromatic nitrogens is 4. The van der Waals surface area contributed by atoms with E-state index in [9.17, 15) is 0 Å². The summed E-state index contributed by atoms with van der Waals surface area (Å²) in [5.41, 5.74) is 3.34. The first kappa shape index (κ1) is 13.6. The summed E-state index contributed by atoms with van der Waals surface area (Å²) in [5, 5.41) is 7.79. The van der Waals surface area contributed by atoms with Crippen molar-refractivity contribution in [1.82, 2.24) is 19.3 Å². The summed E-state index contributed by atoms with van der Waals surface area (Å²) in [6.45, 7) is 10.2. The number of nitrogens with zero attached hydrogens (tertiary/aromatic N) is 4. The third kappa shape index (κ3) is 3.36. The largest absolute Gasteiger partial charge is 0.355 e. The summed E-state index contributed by atoms with van der Waals surface area (Å²) in [6.07, 6.45) is 4.14. The fourth-order valence-corrected chi connectivity index (χ4v) is 2.09. The van der Waals surface area contributed by atoms with Gasteiger partial charge in [0.25, 0.3) is 0 Å². The van der Waals surface area contributed by atoms with Gasteiger partial charge in [0.1, 0.15) is 0 Å². The maximum atomic E-state index is 4.54. The molecule has 0 bridgehead atoms. The van der Waals surface area contributed by atoms with Crippen LogP contribution in [0.5, 0.6) is 0 Å². The molecule has 0 spiro atoms. The van der Waals surface area contributed by atoms with Gasteiger partial charge in [-0.15, -0.1) is 0 Å². The Balaban J connectivity index is 2.17. The Kier molecular flexibility index (Phi) is 3.93. The molecular formula is C14H23N5. The van der Waals surface area contributed by atoms with Gasteiger partial charge in [-0.25, -0.2) is 4.98 Å². The van der Waals surface area contributed by atoms with Gasteiger partial charge in [-0.2, -0.15) is 5.10 Å². The highest BCUT2D eigenvalue weighted by Gasteiger charge is 2.09. The third-order valence-corrected chi connectivity index (χ3v) is 3.02. The molecule has 0 aliphatic rings. The van der Waals surface area contributed by atoms with Gasteiger partial charge >= 0.3 is 0 Å². The molecule has 0 unspecified atom stereocenters. The number of hydrogen-bond acceptors (Lipinski definition) is 3. The average molecular weight is 261 g/mol. The summed E-state index contributed by atoms with van der Waals surface area (Å²) in [4.78, 5) is 4.54. The molecule has 0 fully saturated rings. The molecule has 0 saturated heterocycles. The van der Waals surface area contributed by atoms with Crippen molar-refractivity contribution >= 4 is 5.95 Å². The van der Waals surface area contributed by atoms with Crippen LogP contribution in [0.3, 0.4) is 0 Å². The van der Waals surface area contributed by atoms with Gasteiger partial charge in [0, 0.05) is 31.5 Å². The van der Waals surface area contributed by atoms with E-state index in [0.29, 0.717) is 5.92 Å². The van der Waals surface area contributed by atoms with E-state index in [-0.39, 0.29) is 0 Å². The van der Waals surface area contributed by atoms with Gasteiger partial charge in [0.05, 0.1) is 17.9 Å². The molecular weight excluding hydrogens is 238 g/mol. The monoisotopic (exact) mass is 261 g/mol. The van der Waals surface area contributed by atoms with E-state index in [1.165, 1.54) is 5.56 Å². The van der Waals surface area contributed by atoms with Crippen molar-refractivity contribution in [2.75, 3.05) is 11.9 Å². The fraction of sp³-hybridized carbons (Fsp3) is 0.571. The van der Waals surface area contributed by atoms with Gasteiger partial charge in [0.15, 0.2) is 0 Å². The first-order valence-electron chi connectivity index (χ1n) is 6.72. The molecule has 2 aromatic heterocycles. The molecule has 2 heterocycles. The van der Waals surface area contributed by atoms with E-state index in [0.717, 1.165) is 30.4 Å². The number of hydrogen-bond donors (Lipinski definition) is 1. The molecule has 0 atom stereocenters. The topological polar surface area (TPSA) is 47.7 Å². The summed E-state index contributed by atoms with van der Waals surface area (Å²) >= 11 is 0. The Hall–Kier alpha value is -1.78. The number of nitrogens with one attached hydrogen (secondary N) is 1. The number of aryl methyl sites for hydroxylation is 3. The fourth-order valence-electron chi connectivity index (χ4n) is 2.09. The van der Waals surface area contributed by atoms with Crippen molar-refractivity contribution < 1.29 is 0 Å². The van der Waals surface area contributed by atoms with Gasteiger partial charge < -0.3 is 9.88 Å².